The van der Waals surface area contributed by atoms with Crippen LogP contribution >= 0.6 is 11.6 Å². The van der Waals surface area contributed by atoms with Crippen molar-refractivity contribution in [3.63, 3.8) is 0 Å². The first-order valence-electron chi connectivity index (χ1n) is 4.76. The van der Waals surface area contributed by atoms with Crippen molar-refractivity contribution < 1.29 is 0 Å². The summed E-state index contributed by atoms with van der Waals surface area (Å²) >= 11 is 5.89. The molecule has 1 aromatic heterocycles. The molecule has 0 saturated carbocycles. The highest BCUT2D eigenvalue weighted by molar-refractivity contribution is 6.30. The molecule has 0 N–H and O–H groups in total. The number of aromatic nitrogens is 1. The van der Waals surface area contributed by atoms with Gasteiger partial charge in [0.2, 0.25) is 0 Å². The van der Waals surface area contributed by atoms with Gasteiger partial charge in [-0.15, -0.1) is 0 Å². The normalized spacial score (nSPS) is 10.8. The second-order valence-electron chi connectivity index (χ2n) is 3.44. The number of fused-ring (bicyclic) bond motifs is 1. The summed E-state index contributed by atoms with van der Waals surface area (Å²) in [7, 11) is 0. The molecule has 0 atom stereocenters. The number of rotatable bonds is 1. The van der Waals surface area contributed by atoms with Crippen molar-refractivity contribution >= 4 is 22.4 Å². The summed E-state index contributed by atoms with van der Waals surface area (Å²) in [5.41, 5.74) is 2.34. The summed E-state index contributed by atoms with van der Waals surface area (Å²) in [4.78, 5) is 4.24. The summed E-state index contributed by atoms with van der Waals surface area (Å²) in [6.07, 6.45) is 1.05. The Labute approximate surface area is 88.7 Å². The van der Waals surface area contributed by atoms with Crippen LogP contribution in [0.25, 0.3) is 10.8 Å². The number of hydrogen-bond donors (Lipinski definition) is 0. The monoisotopic (exact) mass is 205 g/mol. The minimum atomic E-state index is 0.569. The van der Waals surface area contributed by atoms with Gasteiger partial charge in [0.05, 0.1) is 0 Å². The Morgan fingerprint density at radius 2 is 2.07 bits per heavy atom. The quantitative estimate of drug-likeness (QED) is 0.646. The van der Waals surface area contributed by atoms with Gasteiger partial charge in [-0.3, -0.25) is 0 Å². The second-order valence-corrected chi connectivity index (χ2v) is 3.83. The molecular weight excluding hydrogens is 194 g/mol. The molecule has 0 aliphatic heterocycles. The standard InChI is InChI=1S/C12H12ClN/c1-3-9-4-5-10-7-12(13)14-8(2)11(10)6-9/h4-7H,3H2,1-2H3. The van der Waals surface area contributed by atoms with E-state index >= 15 is 0 Å². The Kier molecular flexibility index (Phi) is 2.42. The minimum Gasteiger partial charge on any atom is -0.241 e. The number of aryl methyl sites for hydroxylation is 2. The van der Waals surface area contributed by atoms with Crippen molar-refractivity contribution in [3.8, 4) is 0 Å². The highest BCUT2D eigenvalue weighted by Crippen LogP contribution is 2.21. The van der Waals surface area contributed by atoms with Crippen LogP contribution in [0.3, 0.4) is 0 Å². The van der Waals surface area contributed by atoms with Gasteiger partial charge in [0.15, 0.2) is 0 Å². The Morgan fingerprint density at radius 3 is 2.79 bits per heavy atom. The molecule has 0 unspecified atom stereocenters. The molecule has 72 valence electrons. The number of pyridine rings is 1. The zero-order valence-corrected chi connectivity index (χ0v) is 9.10. The van der Waals surface area contributed by atoms with Gasteiger partial charge in [0, 0.05) is 11.1 Å². The van der Waals surface area contributed by atoms with Crippen molar-refractivity contribution in [2.24, 2.45) is 0 Å². The van der Waals surface area contributed by atoms with E-state index in [1.165, 1.54) is 16.3 Å². The van der Waals surface area contributed by atoms with Crippen molar-refractivity contribution in [1.29, 1.82) is 0 Å². The van der Waals surface area contributed by atoms with Gasteiger partial charge in [-0.1, -0.05) is 30.7 Å². The van der Waals surface area contributed by atoms with Crippen LogP contribution in [0, 0.1) is 6.92 Å². The lowest BCUT2D eigenvalue weighted by molar-refractivity contribution is 1.14. The van der Waals surface area contributed by atoms with Crippen LogP contribution in [-0.4, -0.2) is 4.98 Å². The first kappa shape index (κ1) is 9.47. The molecule has 0 fully saturated rings. The summed E-state index contributed by atoms with van der Waals surface area (Å²) < 4.78 is 0. The van der Waals surface area contributed by atoms with Crippen LogP contribution in [0.2, 0.25) is 5.15 Å². The predicted octanol–water partition coefficient (Wildman–Crippen LogP) is 3.76. The maximum atomic E-state index is 5.89. The molecule has 0 saturated heterocycles. The summed E-state index contributed by atoms with van der Waals surface area (Å²) in [5.74, 6) is 0. The van der Waals surface area contributed by atoms with E-state index in [0.29, 0.717) is 5.15 Å². The molecule has 0 radical (unpaired) electrons. The Balaban J connectivity index is 2.75. The average molecular weight is 206 g/mol. The fourth-order valence-corrected chi connectivity index (χ4v) is 1.89. The van der Waals surface area contributed by atoms with Crippen molar-refractivity contribution in [2.75, 3.05) is 0 Å². The fraction of sp³-hybridized carbons (Fsp3) is 0.250. The lowest BCUT2D eigenvalue weighted by atomic mass is 10.1. The lowest BCUT2D eigenvalue weighted by Gasteiger charge is -2.04. The third kappa shape index (κ3) is 1.60. The van der Waals surface area contributed by atoms with Gasteiger partial charge >= 0.3 is 0 Å². The maximum Gasteiger partial charge on any atom is 0.129 e. The average Bonchev–Trinajstić information content (AvgIpc) is 2.17. The summed E-state index contributed by atoms with van der Waals surface area (Å²) in [6, 6.07) is 8.34. The van der Waals surface area contributed by atoms with Crippen LogP contribution in [0.1, 0.15) is 18.2 Å². The minimum absolute atomic E-state index is 0.569. The fourth-order valence-electron chi connectivity index (χ4n) is 1.64. The molecule has 2 aromatic rings. The van der Waals surface area contributed by atoms with E-state index in [0.717, 1.165) is 12.1 Å². The molecule has 2 rings (SSSR count). The van der Waals surface area contributed by atoms with E-state index in [1.54, 1.807) is 0 Å². The molecule has 0 spiro atoms. The molecule has 0 amide bonds. The molecule has 1 heterocycles. The van der Waals surface area contributed by atoms with Crippen LogP contribution in [0.4, 0.5) is 0 Å². The number of halogens is 1. The van der Waals surface area contributed by atoms with Crippen molar-refractivity contribution in [3.05, 3.63) is 40.7 Å². The van der Waals surface area contributed by atoms with Gasteiger partial charge < -0.3 is 0 Å². The van der Waals surface area contributed by atoms with Gasteiger partial charge in [0.1, 0.15) is 5.15 Å². The number of nitrogens with zero attached hydrogens (tertiary/aromatic N) is 1. The highest BCUT2D eigenvalue weighted by Gasteiger charge is 2.01. The Hall–Kier alpha value is -1.08. The molecule has 14 heavy (non-hydrogen) atoms. The smallest absolute Gasteiger partial charge is 0.129 e. The zero-order chi connectivity index (χ0) is 10.1. The predicted molar refractivity (Wildman–Crippen MR) is 60.9 cm³/mol. The van der Waals surface area contributed by atoms with Gasteiger partial charge in [-0.05, 0) is 36.4 Å². The molecule has 0 aliphatic carbocycles. The van der Waals surface area contributed by atoms with Crippen LogP contribution in [0.15, 0.2) is 24.3 Å². The summed E-state index contributed by atoms with van der Waals surface area (Å²) in [6.45, 7) is 4.15. The van der Waals surface area contributed by atoms with Crippen LogP contribution < -0.4 is 0 Å². The first-order chi connectivity index (χ1) is 6.70. The molecule has 1 nitrogen and oxygen atoms in total. The van der Waals surface area contributed by atoms with Gasteiger partial charge in [0.25, 0.3) is 0 Å². The maximum absolute atomic E-state index is 5.89. The Morgan fingerprint density at radius 1 is 1.29 bits per heavy atom. The van der Waals surface area contributed by atoms with E-state index in [4.69, 9.17) is 11.6 Å². The summed E-state index contributed by atoms with van der Waals surface area (Å²) in [5, 5.41) is 2.94. The molecular formula is C12H12ClN. The van der Waals surface area contributed by atoms with Gasteiger partial charge in [-0.25, -0.2) is 4.98 Å². The highest BCUT2D eigenvalue weighted by atomic mass is 35.5. The SMILES string of the molecule is CCc1ccc2cc(Cl)nc(C)c2c1. The van der Waals surface area contributed by atoms with Crippen LogP contribution in [-0.2, 0) is 6.42 Å². The zero-order valence-electron chi connectivity index (χ0n) is 8.34. The molecule has 2 heteroatoms. The first-order valence-corrected chi connectivity index (χ1v) is 5.14. The van der Waals surface area contributed by atoms with Crippen LogP contribution in [0.5, 0.6) is 0 Å². The van der Waals surface area contributed by atoms with Gasteiger partial charge in [-0.2, -0.15) is 0 Å². The van der Waals surface area contributed by atoms with E-state index in [2.05, 4.69) is 30.1 Å². The third-order valence-corrected chi connectivity index (χ3v) is 2.66. The number of hydrogen-bond acceptors (Lipinski definition) is 1. The van der Waals surface area contributed by atoms with E-state index in [1.807, 2.05) is 13.0 Å². The van der Waals surface area contributed by atoms with Crippen molar-refractivity contribution in [2.45, 2.75) is 20.3 Å². The second kappa shape index (κ2) is 3.58. The number of benzene rings is 1. The molecule has 0 bridgehead atoms. The molecule has 1 aromatic carbocycles. The largest absolute Gasteiger partial charge is 0.241 e. The van der Waals surface area contributed by atoms with Crippen molar-refractivity contribution in [1.82, 2.24) is 4.98 Å². The molecule has 0 aliphatic rings. The Bertz CT molecular complexity index is 477. The lowest BCUT2D eigenvalue weighted by Crippen LogP contribution is -1.87. The van der Waals surface area contributed by atoms with E-state index < -0.39 is 0 Å². The van der Waals surface area contributed by atoms with E-state index in [-0.39, 0.29) is 0 Å². The van der Waals surface area contributed by atoms with E-state index in [9.17, 15) is 0 Å². The third-order valence-electron chi connectivity index (χ3n) is 2.46. The topological polar surface area (TPSA) is 12.9 Å².